The zero-order valence-electron chi connectivity index (χ0n) is 21.4. The maximum Gasteiger partial charge on any atom is 0.251 e. The Labute approximate surface area is 224 Å². The molecular weight excluding hydrogens is 478 g/mol. The van der Waals surface area contributed by atoms with Crippen molar-refractivity contribution in [1.82, 2.24) is 0 Å². The molecule has 1 unspecified atom stereocenters. The monoisotopic (exact) mass is 510 g/mol. The number of nitrogen functional groups attached to an aromatic ring is 1. The van der Waals surface area contributed by atoms with E-state index >= 15 is 0 Å². The molecule has 4 aromatic carbocycles. The number of hydrogen-bond acceptors (Lipinski definition) is 2. The minimum Gasteiger partial charge on any atom is -0.398 e. The third-order valence-corrected chi connectivity index (χ3v) is 7.49. The average molecular weight is 511 g/mol. The topological polar surface area (TPSA) is 46.3 Å². The van der Waals surface area contributed by atoms with Gasteiger partial charge in [-0.1, -0.05) is 78.9 Å². The van der Waals surface area contributed by atoms with Crippen molar-refractivity contribution in [2.45, 2.75) is 19.0 Å². The molecule has 4 nitrogen and oxygen atoms in total. The second-order valence-electron chi connectivity index (χ2n) is 10.6. The first-order valence-electron chi connectivity index (χ1n) is 12.7. The van der Waals surface area contributed by atoms with Gasteiger partial charge in [-0.25, -0.2) is 0 Å². The molecule has 1 aliphatic rings. The smallest absolute Gasteiger partial charge is 0.251 e. The number of hydrogen-bond donors (Lipinski definition) is 1. The Morgan fingerprint density at radius 2 is 1.57 bits per heavy atom. The normalized spacial score (nSPS) is 15.4. The van der Waals surface area contributed by atoms with Crippen LogP contribution in [0.25, 0.3) is 16.8 Å². The van der Waals surface area contributed by atoms with Gasteiger partial charge in [0.1, 0.15) is 13.1 Å². The van der Waals surface area contributed by atoms with Crippen LogP contribution in [0, 0.1) is 0 Å². The quantitative estimate of drug-likeness (QED) is 0.132. The summed E-state index contributed by atoms with van der Waals surface area (Å²) in [7, 11) is 4.49. The molecule has 1 aliphatic heterocycles. The van der Waals surface area contributed by atoms with Gasteiger partial charge in [0.2, 0.25) is 0 Å². The number of rotatable bonds is 7. The predicted octanol–water partition coefficient (Wildman–Crippen LogP) is 6.58. The van der Waals surface area contributed by atoms with E-state index in [0.717, 1.165) is 45.2 Å². The van der Waals surface area contributed by atoms with Crippen molar-refractivity contribution >= 4 is 45.7 Å². The molecule has 0 aliphatic carbocycles. The minimum absolute atomic E-state index is 0.0618. The fourth-order valence-corrected chi connectivity index (χ4v) is 5.68. The lowest BCUT2D eigenvalue weighted by Gasteiger charge is -2.30. The van der Waals surface area contributed by atoms with E-state index in [4.69, 9.17) is 17.3 Å². The highest BCUT2D eigenvalue weighted by Gasteiger charge is 2.33. The molecular formula is C32H33ClN3O+. The van der Waals surface area contributed by atoms with Gasteiger partial charge in [0.25, 0.3) is 5.91 Å². The summed E-state index contributed by atoms with van der Waals surface area (Å²) in [6.07, 6.45) is 3.53. The van der Waals surface area contributed by atoms with Crippen molar-refractivity contribution in [2.24, 2.45) is 0 Å². The number of benzene rings is 4. The van der Waals surface area contributed by atoms with Gasteiger partial charge in [0.15, 0.2) is 0 Å². The number of carbonyl (C=O) groups is 1. The number of halogens is 1. The Hall–Kier alpha value is -3.60. The predicted molar refractivity (Wildman–Crippen MR) is 156 cm³/mol. The summed E-state index contributed by atoms with van der Waals surface area (Å²) in [5, 5.41) is 2.08. The molecule has 0 radical (unpaired) electrons. The molecule has 0 fully saturated rings. The molecule has 0 spiro atoms. The highest BCUT2D eigenvalue weighted by molar-refractivity contribution is 6.19. The van der Waals surface area contributed by atoms with Crippen molar-refractivity contribution in [3.63, 3.8) is 0 Å². The van der Waals surface area contributed by atoms with Gasteiger partial charge >= 0.3 is 0 Å². The number of fused-ring (bicyclic) bond motifs is 3. The molecule has 5 heteroatoms. The highest BCUT2D eigenvalue weighted by atomic mass is 35.5. The van der Waals surface area contributed by atoms with Crippen molar-refractivity contribution in [1.29, 1.82) is 0 Å². The fourth-order valence-electron chi connectivity index (χ4n) is 5.43. The molecule has 2 N–H and O–H groups in total. The number of quaternary nitrogens is 1. The SMILES string of the molecule is C[N+](C)(Cc1ccccc1)Cc1ccc(/C=C/C(=O)N2CC(CCl)c3c2cc(N)c2ccccc32)cc1. The van der Waals surface area contributed by atoms with Crippen LogP contribution >= 0.6 is 11.6 Å². The third-order valence-electron chi connectivity index (χ3n) is 7.11. The van der Waals surface area contributed by atoms with Gasteiger partial charge < -0.3 is 15.1 Å². The number of amides is 1. The van der Waals surface area contributed by atoms with Gasteiger partial charge in [-0.2, -0.15) is 0 Å². The number of alkyl halides is 1. The first kappa shape index (κ1) is 25.1. The van der Waals surface area contributed by atoms with E-state index in [-0.39, 0.29) is 11.8 Å². The highest BCUT2D eigenvalue weighted by Crippen LogP contribution is 2.44. The fraction of sp³-hybridized carbons (Fsp3) is 0.219. The summed E-state index contributed by atoms with van der Waals surface area (Å²) in [6.45, 7) is 2.46. The first-order chi connectivity index (χ1) is 17.8. The molecule has 5 rings (SSSR count). The van der Waals surface area contributed by atoms with Gasteiger partial charge in [-0.3, -0.25) is 4.79 Å². The number of nitrogens with zero attached hydrogens (tertiary/aromatic N) is 2. The van der Waals surface area contributed by atoms with Gasteiger partial charge in [-0.15, -0.1) is 11.6 Å². The molecule has 0 saturated carbocycles. The summed E-state index contributed by atoms with van der Waals surface area (Å²) < 4.78 is 0.867. The largest absolute Gasteiger partial charge is 0.398 e. The van der Waals surface area contributed by atoms with Crippen LogP contribution in [0.3, 0.4) is 0 Å². The summed E-state index contributed by atoms with van der Waals surface area (Å²) >= 11 is 6.34. The summed E-state index contributed by atoms with van der Waals surface area (Å²) in [5.74, 6) is 0.471. The Morgan fingerprint density at radius 1 is 0.946 bits per heavy atom. The number of anilines is 2. The molecule has 37 heavy (non-hydrogen) atoms. The van der Waals surface area contributed by atoms with Crippen molar-refractivity contribution in [3.8, 4) is 0 Å². The Morgan fingerprint density at radius 3 is 2.24 bits per heavy atom. The van der Waals surface area contributed by atoms with Crippen LogP contribution in [-0.2, 0) is 17.9 Å². The van der Waals surface area contributed by atoms with E-state index in [9.17, 15) is 4.79 Å². The van der Waals surface area contributed by atoms with Crippen LogP contribution in [-0.4, -0.2) is 36.9 Å². The van der Waals surface area contributed by atoms with Crippen LogP contribution in [0.5, 0.6) is 0 Å². The van der Waals surface area contributed by atoms with Crippen molar-refractivity contribution in [3.05, 3.63) is 113 Å². The molecule has 1 atom stereocenters. The third kappa shape index (κ3) is 5.41. The van der Waals surface area contributed by atoms with Gasteiger partial charge in [0, 0.05) is 46.6 Å². The van der Waals surface area contributed by atoms with Crippen LogP contribution in [0.1, 0.15) is 28.2 Å². The summed E-state index contributed by atoms with van der Waals surface area (Å²) in [5.41, 5.74) is 12.6. The molecule has 0 saturated heterocycles. The van der Waals surface area contributed by atoms with Crippen LogP contribution in [0.4, 0.5) is 11.4 Å². The molecule has 188 valence electrons. The van der Waals surface area contributed by atoms with E-state index in [1.165, 1.54) is 11.1 Å². The lowest BCUT2D eigenvalue weighted by atomic mass is 9.95. The van der Waals surface area contributed by atoms with Gasteiger partial charge in [-0.05, 0) is 28.7 Å². The number of nitrogens with two attached hydrogens (primary N) is 1. The zero-order valence-corrected chi connectivity index (χ0v) is 22.2. The lowest BCUT2D eigenvalue weighted by Crippen LogP contribution is -2.37. The average Bonchev–Trinajstić information content (AvgIpc) is 3.27. The van der Waals surface area contributed by atoms with E-state index in [2.05, 4.69) is 74.8 Å². The van der Waals surface area contributed by atoms with E-state index in [1.54, 1.807) is 11.0 Å². The van der Waals surface area contributed by atoms with Crippen molar-refractivity contribution < 1.29 is 9.28 Å². The molecule has 1 amide bonds. The van der Waals surface area contributed by atoms with E-state index in [0.29, 0.717) is 18.1 Å². The van der Waals surface area contributed by atoms with Crippen LogP contribution in [0.15, 0.2) is 91.0 Å². The standard InChI is InChI=1S/C32H33ClN3O/c1-36(2,21-24-8-4-3-5-9-24)22-25-14-12-23(13-15-25)16-17-31(37)35-20-26(19-33)32-28-11-7-6-10-27(28)29(34)18-30(32)35/h3-18,26H,19-22,34H2,1-2H3/q+1/b17-16+. The first-order valence-corrected chi connectivity index (χ1v) is 13.2. The zero-order chi connectivity index (χ0) is 26.0. The Bertz CT molecular complexity index is 1440. The van der Waals surface area contributed by atoms with E-state index < -0.39 is 0 Å². The van der Waals surface area contributed by atoms with Gasteiger partial charge in [0.05, 0.1) is 19.8 Å². The molecule has 4 aromatic rings. The molecule has 1 heterocycles. The second kappa shape index (κ2) is 10.4. The summed E-state index contributed by atoms with van der Waals surface area (Å²) in [6, 6.07) is 29.0. The second-order valence-corrected chi connectivity index (χ2v) is 10.9. The molecule has 0 bridgehead atoms. The Kier molecular flexibility index (Phi) is 7.05. The Balaban J connectivity index is 1.30. The minimum atomic E-state index is -0.0618. The maximum atomic E-state index is 13.3. The summed E-state index contributed by atoms with van der Waals surface area (Å²) in [4.78, 5) is 15.1. The van der Waals surface area contributed by atoms with Crippen LogP contribution < -0.4 is 10.6 Å². The van der Waals surface area contributed by atoms with E-state index in [1.807, 2.05) is 30.3 Å². The van der Waals surface area contributed by atoms with Crippen molar-refractivity contribution in [2.75, 3.05) is 37.2 Å². The number of carbonyl (C=O) groups excluding carboxylic acids is 1. The lowest BCUT2D eigenvalue weighted by molar-refractivity contribution is -0.916. The molecule has 0 aromatic heterocycles. The van der Waals surface area contributed by atoms with Crippen LogP contribution in [0.2, 0.25) is 0 Å². The maximum absolute atomic E-state index is 13.3.